The fraction of sp³-hybridized carbons (Fsp3) is 0.286. The van der Waals surface area contributed by atoms with Crippen LogP contribution in [0.2, 0.25) is 5.15 Å². The quantitative estimate of drug-likeness (QED) is 0.647. The molecule has 3 aromatic rings. The second kappa shape index (κ2) is 7.03. The minimum atomic E-state index is 0.593. The minimum Gasteiger partial charge on any atom is -0.354 e. The van der Waals surface area contributed by atoms with Gasteiger partial charge in [0.05, 0.1) is 0 Å². The van der Waals surface area contributed by atoms with Crippen LogP contribution in [0.15, 0.2) is 54.6 Å². The number of aryl methyl sites for hydroxylation is 1. The van der Waals surface area contributed by atoms with E-state index in [1.807, 2.05) is 18.2 Å². The van der Waals surface area contributed by atoms with Crippen LogP contribution >= 0.6 is 11.6 Å². The van der Waals surface area contributed by atoms with Crippen molar-refractivity contribution >= 4 is 28.2 Å². The highest BCUT2D eigenvalue weighted by Crippen LogP contribution is 2.27. The normalized spacial score (nSPS) is 15.7. The monoisotopic (exact) mass is 351 g/mol. The predicted octanol–water partition coefficient (Wildman–Crippen LogP) is 4.52. The summed E-state index contributed by atoms with van der Waals surface area (Å²) in [7, 11) is 0. The van der Waals surface area contributed by atoms with Gasteiger partial charge in [0.15, 0.2) is 0 Å². The largest absolute Gasteiger partial charge is 0.354 e. The Morgan fingerprint density at radius 1 is 0.960 bits per heavy atom. The van der Waals surface area contributed by atoms with Crippen molar-refractivity contribution in [3.63, 3.8) is 0 Å². The third kappa shape index (κ3) is 3.63. The summed E-state index contributed by atoms with van der Waals surface area (Å²) >= 11 is 6.38. The summed E-state index contributed by atoms with van der Waals surface area (Å²) in [5.74, 6) is 0.985. The summed E-state index contributed by atoms with van der Waals surface area (Å²) < 4.78 is 0. The summed E-state index contributed by atoms with van der Waals surface area (Å²) in [5.41, 5.74) is 2.71. The Labute approximate surface area is 153 Å². The highest BCUT2D eigenvalue weighted by molar-refractivity contribution is 6.34. The lowest BCUT2D eigenvalue weighted by Gasteiger charge is -2.35. The van der Waals surface area contributed by atoms with Crippen LogP contribution in [0, 0.1) is 6.92 Å². The average molecular weight is 352 g/mol. The summed E-state index contributed by atoms with van der Waals surface area (Å²) in [6.07, 6.45) is 0. The second-order valence-electron chi connectivity index (χ2n) is 6.74. The van der Waals surface area contributed by atoms with Crippen molar-refractivity contribution in [1.82, 2.24) is 9.88 Å². The first kappa shape index (κ1) is 16.4. The van der Waals surface area contributed by atoms with Crippen LogP contribution in [0.1, 0.15) is 11.1 Å². The van der Waals surface area contributed by atoms with Gasteiger partial charge < -0.3 is 4.90 Å². The molecule has 1 aliphatic rings. The Bertz CT molecular complexity index is 885. The Morgan fingerprint density at radius 3 is 2.56 bits per heavy atom. The Balaban J connectivity index is 1.45. The lowest BCUT2D eigenvalue weighted by atomic mass is 10.1. The fourth-order valence-corrected chi connectivity index (χ4v) is 3.77. The van der Waals surface area contributed by atoms with Gasteiger partial charge in [0.2, 0.25) is 0 Å². The molecule has 0 bridgehead atoms. The first-order chi connectivity index (χ1) is 12.2. The van der Waals surface area contributed by atoms with Gasteiger partial charge in [-0.25, -0.2) is 4.98 Å². The molecule has 0 aliphatic carbocycles. The number of pyridine rings is 1. The Kier molecular flexibility index (Phi) is 4.60. The molecule has 0 atom stereocenters. The van der Waals surface area contributed by atoms with Crippen molar-refractivity contribution in [3.8, 4) is 0 Å². The molecule has 0 radical (unpaired) electrons. The van der Waals surface area contributed by atoms with E-state index in [1.165, 1.54) is 11.1 Å². The zero-order chi connectivity index (χ0) is 17.2. The maximum Gasteiger partial charge on any atom is 0.139 e. The van der Waals surface area contributed by atoms with Crippen LogP contribution < -0.4 is 4.90 Å². The lowest BCUT2D eigenvalue weighted by Crippen LogP contribution is -2.46. The van der Waals surface area contributed by atoms with E-state index in [2.05, 4.69) is 58.1 Å². The zero-order valence-electron chi connectivity index (χ0n) is 14.5. The van der Waals surface area contributed by atoms with E-state index in [9.17, 15) is 0 Å². The van der Waals surface area contributed by atoms with Crippen molar-refractivity contribution in [3.05, 3.63) is 70.9 Å². The molecular formula is C21H22ClN3. The van der Waals surface area contributed by atoms with Crippen LogP contribution in [-0.4, -0.2) is 36.1 Å². The number of aromatic nitrogens is 1. The molecule has 4 rings (SSSR count). The molecule has 4 heteroatoms. The van der Waals surface area contributed by atoms with Gasteiger partial charge in [-0.1, -0.05) is 65.7 Å². The molecule has 25 heavy (non-hydrogen) atoms. The topological polar surface area (TPSA) is 19.4 Å². The zero-order valence-corrected chi connectivity index (χ0v) is 15.2. The molecule has 0 N–H and O–H groups in total. The van der Waals surface area contributed by atoms with Gasteiger partial charge in [-0.3, -0.25) is 4.90 Å². The van der Waals surface area contributed by atoms with Crippen LogP contribution in [-0.2, 0) is 6.54 Å². The van der Waals surface area contributed by atoms with E-state index in [1.54, 1.807) is 0 Å². The summed E-state index contributed by atoms with van der Waals surface area (Å²) in [5, 5.41) is 2.76. The number of rotatable bonds is 3. The maximum absolute atomic E-state index is 6.38. The van der Waals surface area contributed by atoms with Crippen LogP contribution in [0.25, 0.3) is 10.8 Å². The third-order valence-corrected chi connectivity index (χ3v) is 5.15. The number of halogens is 1. The Morgan fingerprint density at radius 2 is 1.76 bits per heavy atom. The third-order valence-electron chi connectivity index (χ3n) is 4.87. The van der Waals surface area contributed by atoms with Crippen molar-refractivity contribution in [2.45, 2.75) is 13.5 Å². The van der Waals surface area contributed by atoms with Crippen molar-refractivity contribution < 1.29 is 0 Å². The molecule has 2 aromatic carbocycles. The Hall–Kier alpha value is -2.10. The summed E-state index contributed by atoms with van der Waals surface area (Å²) in [6, 6.07) is 19.1. The number of hydrogen-bond donors (Lipinski definition) is 0. The van der Waals surface area contributed by atoms with E-state index in [0.29, 0.717) is 5.15 Å². The number of hydrogen-bond acceptors (Lipinski definition) is 3. The number of fused-ring (bicyclic) bond motifs is 1. The highest BCUT2D eigenvalue weighted by Gasteiger charge is 2.19. The SMILES string of the molecule is Cc1cccc(CN2CCN(c3cc4ccccc4c(Cl)n3)CC2)c1. The second-order valence-corrected chi connectivity index (χ2v) is 7.10. The van der Waals surface area contributed by atoms with E-state index in [4.69, 9.17) is 11.6 Å². The highest BCUT2D eigenvalue weighted by atomic mass is 35.5. The fourth-order valence-electron chi connectivity index (χ4n) is 3.51. The van der Waals surface area contributed by atoms with Crippen molar-refractivity contribution in [2.75, 3.05) is 31.1 Å². The smallest absolute Gasteiger partial charge is 0.139 e. The number of anilines is 1. The van der Waals surface area contributed by atoms with E-state index < -0.39 is 0 Å². The molecule has 0 saturated carbocycles. The van der Waals surface area contributed by atoms with Gasteiger partial charge in [0, 0.05) is 38.1 Å². The first-order valence-corrected chi connectivity index (χ1v) is 9.15. The van der Waals surface area contributed by atoms with Crippen LogP contribution in [0.3, 0.4) is 0 Å². The number of piperazine rings is 1. The van der Waals surface area contributed by atoms with Gasteiger partial charge in [-0.15, -0.1) is 0 Å². The van der Waals surface area contributed by atoms with Gasteiger partial charge in [-0.05, 0) is 23.9 Å². The number of benzene rings is 2. The number of nitrogens with zero attached hydrogens (tertiary/aromatic N) is 3. The van der Waals surface area contributed by atoms with Gasteiger partial charge in [0.1, 0.15) is 11.0 Å². The molecule has 0 unspecified atom stereocenters. The molecule has 0 spiro atoms. The first-order valence-electron chi connectivity index (χ1n) is 8.77. The van der Waals surface area contributed by atoms with Gasteiger partial charge in [0.25, 0.3) is 0 Å². The molecule has 1 aliphatic heterocycles. The molecule has 1 saturated heterocycles. The van der Waals surface area contributed by atoms with Crippen molar-refractivity contribution in [2.24, 2.45) is 0 Å². The minimum absolute atomic E-state index is 0.593. The van der Waals surface area contributed by atoms with Crippen LogP contribution in [0.4, 0.5) is 5.82 Å². The average Bonchev–Trinajstić information content (AvgIpc) is 2.62. The predicted molar refractivity (Wildman–Crippen MR) is 105 cm³/mol. The molecular weight excluding hydrogens is 330 g/mol. The molecule has 1 fully saturated rings. The molecule has 128 valence electrons. The lowest BCUT2D eigenvalue weighted by molar-refractivity contribution is 0.249. The molecule has 3 nitrogen and oxygen atoms in total. The van der Waals surface area contributed by atoms with Crippen LogP contribution in [0.5, 0.6) is 0 Å². The van der Waals surface area contributed by atoms with E-state index in [0.717, 1.165) is 49.3 Å². The molecule has 1 aromatic heterocycles. The maximum atomic E-state index is 6.38. The van der Waals surface area contributed by atoms with Gasteiger partial charge in [-0.2, -0.15) is 0 Å². The summed E-state index contributed by atoms with van der Waals surface area (Å²) in [4.78, 5) is 9.46. The van der Waals surface area contributed by atoms with E-state index >= 15 is 0 Å². The standard InChI is InChI=1S/C21H22ClN3/c1-16-5-4-6-17(13-16)15-24-9-11-25(12-10-24)20-14-18-7-2-3-8-19(18)21(22)23-20/h2-8,13-14H,9-12,15H2,1H3. The molecule has 0 amide bonds. The van der Waals surface area contributed by atoms with Gasteiger partial charge >= 0.3 is 0 Å². The van der Waals surface area contributed by atoms with Crippen molar-refractivity contribution in [1.29, 1.82) is 0 Å². The molecule has 2 heterocycles. The van der Waals surface area contributed by atoms with E-state index in [-0.39, 0.29) is 0 Å². The summed E-state index contributed by atoms with van der Waals surface area (Å²) in [6.45, 7) is 7.21.